The second-order valence-corrected chi connectivity index (χ2v) is 6.21. The van der Waals surface area contributed by atoms with Crippen LogP contribution in [0, 0.1) is 11.8 Å². The Hall–Kier alpha value is -0.0800. The molecule has 2 atom stereocenters. The summed E-state index contributed by atoms with van der Waals surface area (Å²) in [5.74, 6) is 1.81. The molecule has 0 bridgehead atoms. The zero-order valence-electron chi connectivity index (χ0n) is 11.3. The first-order valence-corrected chi connectivity index (χ1v) is 7.82. The van der Waals surface area contributed by atoms with Crippen LogP contribution in [0.5, 0.6) is 0 Å². The Morgan fingerprint density at radius 2 is 1.65 bits per heavy atom. The molecule has 2 heteroatoms. The van der Waals surface area contributed by atoms with Gasteiger partial charge in [0, 0.05) is 6.04 Å². The minimum atomic E-state index is 0.765. The Morgan fingerprint density at radius 1 is 0.882 bits per heavy atom. The molecule has 0 aliphatic heterocycles. The first-order valence-electron chi connectivity index (χ1n) is 7.82. The van der Waals surface area contributed by atoms with Crippen molar-refractivity contribution in [2.45, 2.75) is 70.3 Å². The van der Waals surface area contributed by atoms with E-state index in [1.54, 1.807) is 0 Å². The lowest BCUT2D eigenvalue weighted by Crippen LogP contribution is -2.37. The average Bonchev–Trinajstić information content (AvgIpc) is 2.40. The van der Waals surface area contributed by atoms with Crippen molar-refractivity contribution < 1.29 is 0 Å². The van der Waals surface area contributed by atoms with Gasteiger partial charge < -0.3 is 11.1 Å². The van der Waals surface area contributed by atoms with Crippen LogP contribution in [-0.4, -0.2) is 19.1 Å². The number of nitrogens with one attached hydrogen (secondary N) is 1. The second kappa shape index (κ2) is 7.38. The Labute approximate surface area is 107 Å². The highest BCUT2D eigenvalue weighted by molar-refractivity contribution is 4.79. The molecule has 2 aliphatic rings. The van der Waals surface area contributed by atoms with Crippen molar-refractivity contribution in [2.24, 2.45) is 17.6 Å². The maximum absolute atomic E-state index is 5.78. The average molecular weight is 238 g/mol. The van der Waals surface area contributed by atoms with E-state index in [0.717, 1.165) is 24.4 Å². The van der Waals surface area contributed by atoms with Crippen LogP contribution >= 0.6 is 0 Å². The number of hydrogen-bond donors (Lipinski definition) is 2. The molecule has 0 amide bonds. The molecule has 0 aromatic carbocycles. The van der Waals surface area contributed by atoms with Crippen molar-refractivity contribution in [3.63, 3.8) is 0 Å². The summed E-state index contributed by atoms with van der Waals surface area (Å²) in [6, 6.07) is 0.765. The Balaban J connectivity index is 1.57. The summed E-state index contributed by atoms with van der Waals surface area (Å²) in [6.07, 6.45) is 14.2. The van der Waals surface area contributed by atoms with Gasteiger partial charge in [-0.1, -0.05) is 38.5 Å². The van der Waals surface area contributed by atoms with E-state index in [-0.39, 0.29) is 0 Å². The molecule has 2 rings (SSSR count). The van der Waals surface area contributed by atoms with E-state index in [2.05, 4.69) is 5.32 Å². The minimum absolute atomic E-state index is 0.765. The van der Waals surface area contributed by atoms with Gasteiger partial charge in [-0.2, -0.15) is 0 Å². The molecule has 2 aliphatic carbocycles. The van der Waals surface area contributed by atoms with Crippen LogP contribution in [-0.2, 0) is 0 Å². The molecule has 100 valence electrons. The van der Waals surface area contributed by atoms with E-state index in [1.807, 2.05) is 0 Å². The summed E-state index contributed by atoms with van der Waals surface area (Å²) in [6.45, 7) is 2.13. The van der Waals surface area contributed by atoms with E-state index < -0.39 is 0 Å². The Morgan fingerprint density at radius 3 is 2.41 bits per heavy atom. The standard InChI is InChI=1S/C15H30N2/c16-12-14-7-4-8-15(11-14)17-10-9-13-5-2-1-3-6-13/h13-15,17H,1-12,16H2. The molecule has 0 spiro atoms. The SMILES string of the molecule is NCC1CCCC(NCCC2CCCCC2)C1. The van der Waals surface area contributed by atoms with Gasteiger partial charge in [-0.05, 0) is 50.6 Å². The second-order valence-electron chi connectivity index (χ2n) is 6.21. The van der Waals surface area contributed by atoms with Gasteiger partial charge in [0.1, 0.15) is 0 Å². The van der Waals surface area contributed by atoms with Crippen LogP contribution < -0.4 is 11.1 Å². The monoisotopic (exact) mass is 238 g/mol. The molecule has 0 heterocycles. The summed E-state index contributed by atoms with van der Waals surface area (Å²) < 4.78 is 0. The van der Waals surface area contributed by atoms with Crippen LogP contribution in [0.2, 0.25) is 0 Å². The Bertz CT molecular complexity index is 199. The van der Waals surface area contributed by atoms with Crippen LogP contribution in [0.3, 0.4) is 0 Å². The third-order valence-corrected chi connectivity index (χ3v) is 4.83. The summed E-state index contributed by atoms with van der Waals surface area (Å²) >= 11 is 0. The highest BCUT2D eigenvalue weighted by Gasteiger charge is 2.20. The van der Waals surface area contributed by atoms with Gasteiger partial charge in [0.15, 0.2) is 0 Å². The third-order valence-electron chi connectivity index (χ3n) is 4.83. The van der Waals surface area contributed by atoms with E-state index in [1.165, 1.54) is 70.8 Å². The van der Waals surface area contributed by atoms with Crippen LogP contribution in [0.4, 0.5) is 0 Å². The van der Waals surface area contributed by atoms with Gasteiger partial charge in [-0.25, -0.2) is 0 Å². The molecule has 0 aromatic rings. The largest absolute Gasteiger partial charge is 0.330 e. The smallest absolute Gasteiger partial charge is 0.00701 e. The molecule has 0 radical (unpaired) electrons. The van der Waals surface area contributed by atoms with Crippen molar-refractivity contribution in [2.75, 3.05) is 13.1 Å². The summed E-state index contributed by atoms with van der Waals surface area (Å²) in [5.41, 5.74) is 5.78. The van der Waals surface area contributed by atoms with Gasteiger partial charge in [0.05, 0.1) is 0 Å². The fourth-order valence-corrected chi connectivity index (χ4v) is 3.66. The molecular formula is C15H30N2. The van der Waals surface area contributed by atoms with Gasteiger partial charge in [-0.15, -0.1) is 0 Å². The van der Waals surface area contributed by atoms with E-state index >= 15 is 0 Å². The number of rotatable bonds is 5. The molecular weight excluding hydrogens is 208 g/mol. The van der Waals surface area contributed by atoms with Gasteiger partial charge in [0.2, 0.25) is 0 Å². The maximum Gasteiger partial charge on any atom is 0.00701 e. The van der Waals surface area contributed by atoms with Crippen LogP contribution in [0.1, 0.15) is 64.2 Å². The molecule has 17 heavy (non-hydrogen) atoms. The summed E-state index contributed by atoms with van der Waals surface area (Å²) in [4.78, 5) is 0. The van der Waals surface area contributed by atoms with Gasteiger partial charge in [0.25, 0.3) is 0 Å². The number of nitrogens with two attached hydrogens (primary N) is 1. The normalized spacial score (nSPS) is 31.6. The van der Waals surface area contributed by atoms with Crippen LogP contribution in [0.25, 0.3) is 0 Å². The summed E-state index contributed by atoms with van der Waals surface area (Å²) in [5, 5.41) is 3.78. The predicted octanol–water partition coefficient (Wildman–Crippen LogP) is 3.06. The highest BCUT2D eigenvalue weighted by atomic mass is 14.9. The molecule has 2 nitrogen and oxygen atoms in total. The predicted molar refractivity (Wildman–Crippen MR) is 74.0 cm³/mol. The lowest BCUT2D eigenvalue weighted by molar-refractivity contribution is 0.274. The fraction of sp³-hybridized carbons (Fsp3) is 1.00. The van der Waals surface area contributed by atoms with Crippen LogP contribution in [0.15, 0.2) is 0 Å². The first kappa shape index (κ1) is 13.4. The van der Waals surface area contributed by atoms with E-state index in [9.17, 15) is 0 Å². The lowest BCUT2D eigenvalue weighted by Gasteiger charge is -2.30. The zero-order chi connectivity index (χ0) is 11.9. The third kappa shape index (κ3) is 4.59. The Kier molecular flexibility index (Phi) is 5.79. The van der Waals surface area contributed by atoms with E-state index in [0.29, 0.717) is 0 Å². The zero-order valence-corrected chi connectivity index (χ0v) is 11.3. The maximum atomic E-state index is 5.78. The first-order chi connectivity index (χ1) is 8.38. The van der Waals surface area contributed by atoms with Gasteiger partial charge in [-0.3, -0.25) is 0 Å². The topological polar surface area (TPSA) is 38.0 Å². The molecule has 0 aromatic heterocycles. The highest BCUT2D eigenvalue weighted by Crippen LogP contribution is 2.27. The molecule has 0 saturated heterocycles. The molecule has 2 saturated carbocycles. The van der Waals surface area contributed by atoms with Crippen molar-refractivity contribution in [1.82, 2.24) is 5.32 Å². The van der Waals surface area contributed by atoms with Crippen molar-refractivity contribution in [3.05, 3.63) is 0 Å². The molecule has 2 fully saturated rings. The number of hydrogen-bond acceptors (Lipinski definition) is 2. The lowest BCUT2D eigenvalue weighted by atomic mass is 9.85. The van der Waals surface area contributed by atoms with E-state index in [4.69, 9.17) is 5.73 Å². The minimum Gasteiger partial charge on any atom is -0.330 e. The molecule has 2 unspecified atom stereocenters. The van der Waals surface area contributed by atoms with Crippen molar-refractivity contribution in [1.29, 1.82) is 0 Å². The summed E-state index contributed by atoms with van der Waals surface area (Å²) in [7, 11) is 0. The van der Waals surface area contributed by atoms with Gasteiger partial charge >= 0.3 is 0 Å². The quantitative estimate of drug-likeness (QED) is 0.772. The fourth-order valence-electron chi connectivity index (χ4n) is 3.66. The molecule has 3 N–H and O–H groups in total. The van der Waals surface area contributed by atoms with Crippen molar-refractivity contribution >= 4 is 0 Å². The van der Waals surface area contributed by atoms with Crippen molar-refractivity contribution in [3.8, 4) is 0 Å².